The number of fused-ring (bicyclic) bond motifs is 1. The molecule has 5 nitrogen and oxygen atoms in total. The van der Waals surface area contributed by atoms with Crippen LogP contribution in [0.25, 0.3) is 11.0 Å². The highest BCUT2D eigenvalue weighted by Crippen LogP contribution is 2.16. The zero-order chi connectivity index (χ0) is 15.7. The maximum absolute atomic E-state index is 12.4. The maximum atomic E-state index is 12.4. The van der Waals surface area contributed by atoms with E-state index in [1.54, 1.807) is 18.3 Å². The average molecular weight is 292 g/mol. The van der Waals surface area contributed by atoms with E-state index < -0.39 is 0 Å². The highest BCUT2D eigenvalue weighted by molar-refractivity contribution is 6.05. The van der Waals surface area contributed by atoms with Crippen LogP contribution >= 0.6 is 0 Å². The topological polar surface area (TPSA) is 67.8 Å². The molecule has 0 aliphatic rings. The van der Waals surface area contributed by atoms with Crippen LogP contribution in [-0.2, 0) is 0 Å². The monoisotopic (exact) mass is 292 g/mol. The molecule has 0 fully saturated rings. The number of amides is 1. The number of aromatic nitrogens is 3. The molecule has 0 saturated heterocycles. The van der Waals surface area contributed by atoms with E-state index in [1.165, 1.54) is 0 Å². The SMILES string of the molecule is Cc1cccnc1NC(=O)c1ccc2nc(C)c(C)nc2c1. The molecular weight excluding hydrogens is 276 g/mol. The second-order valence-corrected chi connectivity index (χ2v) is 5.22. The molecule has 1 amide bonds. The summed E-state index contributed by atoms with van der Waals surface area (Å²) in [4.78, 5) is 25.5. The maximum Gasteiger partial charge on any atom is 0.256 e. The van der Waals surface area contributed by atoms with Gasteiger partial charge in [-0.05, 0) is 50.6 Å². The molecule has 0 spiro atoms. The van der Waals surface area contributed by atoms with Gasteiger partial charge in [0.1, 0.15) is 5.82 Å². The van der Waals surface area contributed by atoms with E-state index in [0.717, 1.165) is 22.5 Å². The van der Waals surface area contributed by atoms with Gasteiger partial charge in [0.05, 0.1) is 22.4 Å². The van der Waals surface area contributed by atoms with Gasteiger partial charge in [-0.3, -0.25) is 4.79 Å². The number of rotatable bonds is 2. The average Bonchev–Trinajstić information content (AvgIpc) is 2.50. The van der Waals surface area contributed by atoms with Crippen LogP contribution in [-0.4, -0.2) is 20.9 Å². The van der Waals surface area contributed by atoms with Crippen molar-refractivity contribution >= 4 is 22.8 Å². The number of carbonyl (C=O) groups is 1. The molecule has 3 rings (SSSR count). The Hall–Kier alpha value is -2.82. The Morgan fingerprint density at radius 3 is 2.45 bits per heavy atom. The molecule has 110 valence electrons. The molecule has 0 saturated carbocycles. The number of nitrogens with one attached hydrogen (secondary N) is 1. The van der Waals surface area contributed by atoms with Gasteiger partial charge in [-0.2, -0.15) is 0 Å². The highest BCUT2D eigenvalue weighted by atomic mass is 16.1. The van der Waals surface area contributed by atoms with Crippen molar-refractivity contribution in [2.45, 2.75) is 20.8 Å². The first-order valence-corrected chi connectivity index (χ1v) is 7.02. The number of hydrogen-bond acceptors (Lipinski definition) is 4. The fraction of sp³-hybridized carbons (Fsp3) is 0.176. The van der Waals surface area contributed by atoms with Gasteiger partial charge >= 0.3 is 0 Å². The van der Waals surface area contributed by atoms with Crippen LogP contribution in [0.4, 0.5) is 5.82 Å². The predicted molar refractivity (Wildman–Crippen MR) is 85.9 cm³/mol. The van der Waals surface area contributed by atoms with Gasteiger partial charge in [0.25, 0.3) is 5.91 Å². The first kappa shape index (κ1) is 14.1. The fourth-order valence-corrected chi connectivity index (χ4v) is 2.17. The fourth-order valence-electron chi connectivity index (χ4n) is 2.17. The summed E-state index contributed by atoms with van der Waals surface area (Å²) in [6, 6.07) is 9.05. The van der Waals surface area contributed by atoms with E-state index in [-0.39, 0.29) is 5.91 Å². The standard InChI is InChI=1S/C17H16N4O/c1-10-5-4-8-18-16(10)21-17(22)13-6-7-14-15(9-13)20-12(3)11(2)19-14/h4-9H,1-3H3,(H,18,21,22). The second kappa shape index (κ2) is 5.52. The lowest BCUT2D eigenvalue weighted by molar-refractivity contribution is 0.102. The number of nitrogens with zero attached hydrogens (tertiary/aromatic N) is 3. The van der Waals surface area contributed by atoms with Crippen molar-refractivity contribution in [1.29, 1.82) is 0 Å². The third-order valence-electron chi connectivity index (χ3n) is 3.58. The summed E-state index contributed by atoms with van der Waals surface area (Å²) in [5, 5.41) is 2.82. The van der Waals surface area contributed by atoms with Crippen molar-refractivity contribution in [3.63, 3.8) is 0 Å². The minimum Gasteiger partial charge on any atom is -0.306 e. The first-order chi connectivity index (χ1) is 10.5. The Kier molecular flexibility index (Phi) is 3.55. The molecule has 5 heteroatoms. The van der Waals surface area contributed by atoms with Crippen LogP contribution in [0.2, 0.25) is 0 Å². The second-order valence-electron chi connectivity index (χ2n) is 5.22. The van der Waals surface area contributed by atoms with Gasteiger partial charge in [-0.1, -0.05) is 6.07 Å². The van der Waals surface area contributed by atoms with Crippen molar-refractivity contribution in [2.75, 3.05) is 5.32 Å². The lowest BCUT2D eigenvalue weighted by Gasteiger charge is -2.08. The largest absolute Gasteiger partial charge is 0.306 e. The Morgan fingerprint density at radius 1 is 1.00 bits per heavy atom. The number of carbonyl (C=O) groups excluding carboxylic acids is 1. The van der Waals surface area contributed by atoms with E-state index in [0.29, 0.717) is 16.9 Å². The molecule has 0 atom stereocenters. The summed E-state index contributed by atoms with van der Waals surface area (Å²) in [6.45, 7) is 5.73. The van der Waals surface area contributed by atoms with Crippen LogP contribution in [0.1, 0.15) is 27.3 Å². The number of benzene rings is 1. The quantitative estimate of drug-likeness (QED) is 0.787. The van der Waals surface area contributed by atoms with Crippen molar-refractivity contribution in [1.82, 2.24) is 15.0 Å². The lowest BCUT2D eigenvalue weighted by Crippen LogP contribution is -2.14. The summed E-state index contributed by atoms with van der Waals surface area (Å²) in [6.07, 6.45) is 1.65. The smallest absolute Gasteiger partial charge is 0.256 e. The molecule has 0 aliphatic carbocycles. The number of pyridine rings is 1. The molecule has 0 aliphatic heterocycles. The normalized spacial score (nSPS) is 10.7. The van der Waals surface area contributed by atoms with Crippen LogP contribution in [0.15, 0.2) is 36.5 Å². The molecule has 0 bridgehead atoms. The Labute approximate surface area is 128 Å². The molecule has 0 unspecified atom stereocenters. The molecule has 2 heterocycles. The molecule has 0 radical (unpaired) electrons. The summed E-state index contributed by atoms with van der Waals surface area (Å²) in [5.41, 5.74) is 4.72. The van der Waals surface area contributed by atoms with E-state index in [4.69, 9.17) is 0 Å². The minimum atomic E-state index is -0.205. The van der Waals surface area contributed by atoms with E-state index >= 15 is 0 Å². The zero-order valence-electron chi connectivity index (χ0n) is 12.7. The minimum absolute atomic E-state index is 0.205. The van der Waals surface area contributed by atoms with Crippen molar-refractivity contribution in [3.05, 3.63) is 59.0 Å². The molecule has 1 N–H and O–H groups in total. The van der Waals surface area contributed by atoms with Gasteiger partial charge in [0.15, 0.2) is 0 Å². The van der Waals surface area contributed by atoms with Gasteiger partial charge in [-0.25, -0.2) is 15.0 Å². The summed E-state index contributed by atoms with van der Waals surface area (Å²) in [5.74, 6) is 0.363. The number of aryl methyl sites for hydroxylation is 3. The van der Waals surface area contributed by atoms with Gasteiger partial charge in [0, 0.05) is 11.8 Å². The van der Waals surface area contributed by atoms with Crippen molar-refractivity contribution in [2.24, 2.45) is 0 Å². The third-order valence-corrected chi connectivity index (χ3v) is 3.58. The highest BCUT2D eigenvalue weighted by Gasteiger charge is 2.10. The Bertz CT molecular complexity index is 874. The molecular formula is C17H16N4O. The Morgan fingerprint density at radius 2 is 1.73 bits per heavy atom. The van der Waals surface area contributed by atoms with E-state index in [1.807, 2.05) is 39.0 Å². The molecule has 2 aromatic heterocycles. The molecule has 1 aromatic carbocycles. The van der Waals surface area contributed by atoms with E-state index in [2.05, 4.69) is 20.3 Å². The summed E-state index contributed by atoms with van der Waals surface area (Å²) in [7, 11) is 0. The first-order valence-electron chi connectivity index (χ1n) is 7.02. The predicted octanol–water partition coefficient (Wildman–Crippen LogP) is 3.20. The van der Waals surface area contributed by atoms with Crippen LogP contribution in [0.5, 0.6) is 0 Å². The van der Waals surface area contributed by atoms with Crippen LogP contribution < -0.4 is 5.32 Å². The summed E-state index contributed by atoms with van der Waals surface area (Å²) < 4.78 is 0. The molecule has 3 aromatic rings. The zero-order valence-corrected chi connectivity index (χ0v) is 12.7. The number of anilines is 1. The van der Waals surface area contributed by atoms with Crippen molar-refractivity contribution < 1.29 is 4.79 Å². The number of hydrogen-bond donors (Lipinski definition) is 1. The van der Waals surface area contributed by atoms with E-state index in [9.17, 15) is 4.79 Å². The van der Waals surface area contributed by atoms with Gasteiger partial charge in [0.2, 0.25) is 0 Å². The third kappa shape index (κ3) is 2.65. The Balaban J connectivity index is 1.94. The van der Waals surface area contributed by atoms with Gasteiger partial charge < -0.3 is 5.32 Å². The summed E-state index contributed by atoms with van der Waals surface area (Å²) >= 11 is 0. The van der Waals surface area contributed by atoms with Crippen LogP contribution in [0, 0.1) is 20.8 Å². The van der Waals surface area contributed by atoms with Crippen LogP contribution in [0.3, 0.4) is 0 Å². The van der Waals surface area contributed by atoms with Crippen molar-refractivity contribution in [3.8, 4) is 0 Å². The molecule has 22 heavy (non-hydrogen) atoms. The lowest BCUT2D eigenvalue weighted by atomic mass is 10.1. The van der Waals surface area contributed by atoms with Gasteiger partial charge in [-0.15, -0.1) is 0 Å².